The Morgan fingerprint density at radius 2 is 2.24 bits per heavy atom. The van der Waals surface area contributed by atoms with Crippen LogP contribution in [0.2, 0.25) is 0 Å². The van der Waals surface area contributed by atoms with Crippen molar-refractivity contribution in [1.82, 2.24) is 10.3 Å². The molecule has 0 saturated heterocycles. The molecule has 1 aromatic heterocycles. The van der Waals surface area contributed by atoms with Crippen molar-refractivity contribution in [2.24, 2.45) is 0 Å². The first-order chi connectivity index (χ1) is 8.38. The smallest absolute Gasteiger partial charge is 0.0892 e. The molecule has 0 aromatic carbocycles. The molecular formula is C13H22N2O2. The number of rotatable bonds is 9. The Hall–Kier alpha value is -0.970. The van der Waals surface area contributed by atoms with Gasteiger partial charge in [-0.2, -0.15) is 0 Å². The van der Waals surface area contributed by atoms with Gasteiger partial charge >= 0.3 is 0 Å². The number of hydrogen-bond donors (Lipinski definition) is 1. The van der Waals surface area contributed by atoms with Gasteiger partial charge in [0.15, 0.2) is 0 Å². The Morgan fingerprint density at radius 1 is 1.35 bits per heavy atom. The molecule has 0 aliphatic heterocycles. The number of ether oxygens (including phenoxy) is 2. The van der Waals surface area contributed by atoms with Crippen molar-refractivity contribution >= 4 is 0 Å². The highest BCUT2D eigenvalue weighted by molar-refractivity contribution is 5.18. The van der Waals surface area contributed by atoms with E-state index in [-0.39, 0.29) is 0 Å². The van der Waals surface area contributed by atoms with E-state index < -0.39 is 0 Å². The largest absolute Gasteiger partial charge is 0.382 e. The lowest BCUT2D eigenvalue weighted by atomic mass is 10.2. The van der Waals surface area contributed by atoms with Gasteiger partial charge < -0.3 is 14.8 Å². The first-order valence-electron chi connectivity index (χ1n) is 6.08. The molecule has 0 saturated carbocycles. The zero-order valence-electron chi connectivity index (χ0n) is 10.7. The fourth-order valence-corrected chi connectivity index (χ4v) is 1.47. The van der Waals surface area contributed by atoms with Gasteiger partial charge in [-0.3, -0.25) is 4.98 Å². The molecule has 0 unspecified atom stereocenters. The Bertz CT molecular complexity index is 305. The first kappa shape index (κ1) is 14.1. The average Bonchev–Trinajstić information content (AvgIpc) is 2.36. The van der Waals surface area contributed by atoms with E-state index in [1.807, 2.05) is 6.07 Å². The quantitative estimate of drug-likeness (QED) is 0.666. The summed E-state index contributed by atoms with van der Waals surface area (Å²) in [6.07, 6.45) is 2.94. The number of pyridine rings is 1. The Morgan fingerprint density at radius 3 is 3.00 bits per heavy atom. The topological polar surface area (TPSA) is 43.4 Å². The molecule has 0 atom stereocenters. The standard InChI is InChI=1S/C13H22N2O2/c1-3-6-14-10-12-5-4-7-15-13(12)11-17-9-8-16-2/h4-5,7,14H,3,6,8-11H2,1-2H3. The molecule has 96 valence electrons. The molecule has 1 heterocycles. The van der Waals surface area contributed by atoms with Gasteiger partial charge in [-0.05, 0) is 24.6 Å². The zero-order chi connectivity index (χ0) is 12.3. The predicted molar refractivity (Wildman–Crippen MR) is 67.8 cm³/mol. The van der Waals surface area contributed by atoms with Crippen LogP contribution >= 0.6 is 0 Å². The summed E-state index contributed by atoms with van der Waals surface area (Å²) in [6.45, 7) is 5.81. The van der Waals surface area contributed by atoms with Gasteiger partial charge in [0.05, 0.1) is 25.5 Å². The predicted octanol–water partition coefficient (Wildman–Crippen LogP) is 1.74. The SMILES string of the molecule is CCCNCc1cccnc1COCCOC. The van der Waals surface area contributed by atoms with Gasteiger partial charge in [0.2, 0.25) is 0 Å². The second-order valence-corrected chi connectivity index (χ2v) is 3.83. The van der Waals surface area contributed by atoms with Crippen LogP contribution in [0.3, 0.4) is 0 Å². The normalized spacial score (nSPS) is 10.7. The van der Waals surface area contributed by atoms with Crippen molar-refractivity contribution in [1.29, 1.82) is 0 Å². The lowest BCUT2D eigenvalue weighted by molar-refractivity contribution is 0.0598. The van der Waals surface area contributed by atoms with Crippen LogP contribution in [-0.2, 0) is 22.6 Å². The number of nitrogens with zero attached hydrogens (tertiary/aromatic N) is 1. The fraction of sp³-hybridized carbons (Fsp3) is 0.615. The van der Waals surface area contributed by atoms with Crippen molar-refractivity contribution < 1.29 is 9.47 Å². The van der Waals surface area contributed by atoms with E-state index in [4.69, 9.17) is 9.47 Å². The lowest BCUT2D eigenvalue weighted by Gasteiger charge is -2.09. The van der Waals surface area contributed by atoms with Crippen LogP contribution in [0.1, 0.15) is 24.6 Å². The maximum Gasteiger partial charge on any atom is 0.0892 e. The van der Waals surface area contributed by atoms with Crippen LogP contribution in [0, 0.1) is 0 Å². The molecule has 0 aliphatic carbocycles. The van der Waals surface area contributed by atoms with Gasteiger partial charge in [-0.25, -0.2) is 0 Å². The van der Waals surface area contributed by atoms with E-state index in [9.17, 15) is 0 Å². The molecular weight excluding hydrogens is 216 g/mol. The number of aromatic nitrogens is 1. The number of nitrogens with one attached hydrogen (secondary N) is 1. The molecule has 4 nitrogen and oxygen atoms in total. The lowest BCUT2D eigenvalue weighted by Crippen LogP contribution is -2.16. The third-order valence-electron chi connectivity index (χ3n) is 2.40. The number of methoxy groups -OCH3 is 1. The van der Waals surface area contributed by atoms with Crippen LogP contribution in [0.4, 0.5) is 0 Å². The second-order valence-electron chi connectivity index (χ2n) is 3.83. The molecule has 0 amide bonds. The van der Waals surface area contributed by atoms with E-state index in [1.54, 1.807) is 13.3 Å². The summed E-state index contributed by atoms with van der Waals surface area (Å²) in [6, 6.07) is 4.05. The maximum absolute atomic E-state index is 5.49. The summed E-state index contributed by atoms with van der Waals surface area (Å²) in [4.78, 5) is 4.35. The van der Waals surface area contributed by atoms with Gasteiger partial charge in [-0.15, -0.1) is 0 Å². The second kappa shape index (κ2) is 9.10. The highest BCUT2D eigenvalue weighted by atomic mass is 16.5. The molecule has 1 rings (SSSR count). The maximum atomic E-state index is 5.49. The number of hydrogen-bond acceptors (Lipinski definition) is 4. The monoisotopic (exact) mass is 238 g/mol. The molecule has 4 heteroatoms. The third kappa shape index (κ3) is 5.77. The van der Waals surface area contributed by atoms with Gasteiger partial charge in [0, 0.05) is 19.9 Å². The van der Waals surface area contributed by atoms with E-state index in [0.717, 1.165) is 25.2 Å². The highest BCUT2D eigenvalue weighted by Gasteiger charge is 2.02. The summed E-state index contributed by atoms with van der Waals surface area (Å²) >= 11 is 0. The third-order valence-corrected chi connectivity index (χ3v) is 2.40. The van der Waals surface area contributed by atoms with Crippen LogP contribution < -0.4 is 5.32 Å². The molecule has 1 aromatic rings. The Labute approximate surface area is 103 Å². The minimum Gasteiger partial charge on any atom is -0.382 e. The van der Waals surface area contributed by atoms with Crippen molar-refractivity contribution in [3.8, 4) is 0 Å². The van der Waals surface area contributed by atoms with Crippen LogP contribution in [0.5, 0.6) is 0 Å². The van der Waals surface area contributed by atoms with E-state index >= 15 is 0 Å². The van der Waals surface area contributed by atoms with Crippen LogP contribution in [-0.4, -0.2) is 31.9 Å². The van der Waals surface area contributed by atoms with Gasteiger partial charge in [0.25, 0.3) is 0 Å². The average molecular weight is 238 g/mol. The molecule has 0 radical (unpaired) electrons. The van der Waals surface area contributed by atoms with Gasteiger partial charge in [-0.1, -0.05) is 13.0 Å². The molecule has 0 aliphatic rings. The summed E-state index contributed by atoms with van der Waals surface area (Å²) in [5.41, 5.74) is 2.21. The summed E-state index contributed by atoms with van der Waals surface area (Å²) < 4.78 is 10.4. The van der Waals surface area contributed by atoms with Crippen LogP contribution in [0.25, 0.3) is 0 Å². The molecule has 17 heavy (non-hydrogen) atoms. The minimum absolute atomic E-state index is 0.549. The van der Waals surface area contributed by atoms with E-state index in [0.29, 0.717) is 19.8 Å². The summed E-state index contributed by atoms with van der Waals surface area (Å²) in [5, 5.41) is 3.37. The van der Waals surface area contributed by atoms with Crippen molar-refractivity contribution in [3.05, 3.63) is 29.6 Å². The fourth-order valence-electron chi connectivity index (χ4n) is 1.47. The van der Waals surface area contributed by atoms with Crippen molar-refractivity contribution in [2.45, 2.75) is 26.5 Å². The molecule has 0 bridgehead atoms. The van der Waals surface area contributed by atoms with Gasteiger partial charge in [0.1, 0.15) is 0 Å². The van der Waals surface area contributed by atoms with Crippen molar-refractivity contribution in [2.75, 3.05) is 26.9 Å². The molecule has 0 spiro atoms. The minimum atomic E-state index is 0.549. The first-order valence-corrected chi connectivity index (χ1v) is 6.08. The van der Waals surface area contributed by atoms with E-state index in [1.165, 1.54) is 5.56 Å². The van der Waals surface area contributed by atoms with Crippen LogP contribution in [0.15, 0.2) is 18.3 Å². The zero-order valence-corrected chi connectivity index (χ0v) is 10.7. The molecule has 1 N–H and O–H groups in total. The highest BCUT2D eigenvalue weighted by Crippen LogP contribution is 2.06. The summed E-state index contributed by atoms with van der Waals surface area (Å²) in [7, 11) is 1.67. The van der Waals surface area contributed by atoms with E-state index in [2.05, 4.69) is 23.3 Å². The Balaban J connectivity index is 2.40. The van der Waals surface area contributed by atoms with Crippen molar-refractivity contribution in [3.63, 3.8) is 0 Å². The summed E-state index contributed by atoms with van der Waals surface area (Å²) in [5.74, 6) is 0. The molecule has 0 fully saturated rings. The Kier molecular flexibility index (Phi) is 7.54.